The van der Waals surface area contributed by atoms with Crippen LogP contribution in [0.4, 0.5) is 23.2 Å². The van der Waals surface area contributed by atoms with Crippen LogP contribution >= 0.6 is 11.6 Å². The lowest BCUT2D eigenvalue weighted by atomic mass is 9.92. The number of ether oxygens (including phenoxy) is 1. The van der Waals surface area contributed by atoms with Gasteiger partial charge in [-0.1, -0.05) is 17.7 Å². The molecule has 3 aromatic rings. The molecular weight excluding hydrogens is 526 g/mol. The van der Waals surface area contributed by atoms with Crippen molar-refractivity contribution in [2.45, 2.75) is 56.7 Å². The second-order valence-electron chi connectivity index (χ2n) is 9.62. The number of anilines is 1. The molecule has 0 saturated heterocycles. The number of alkyl halides is 3. The van der Waals surface area contributed by atoms with Crippen LogP contribution < -0.4 is 5.32 Å². The van der Waals surface area contributed by atoms with Crippen molar-refractivity contribution in [3.63, 3.8) is 0 Å². The molecule has 0 bridgehead atoms. The van der Waals surface area contributed by atoms with Gasteiger partial charge >= 0.3 is 12.1 Å². The van der Waals surface area contributed by atoms with E-state index in [1.54, 1.807) is 13.1 Å². The Morgan fingerprint density at radius 1 is 1.21 bits per heavy atom. The Bertz CT molecular complexity index is 1410. The van der Waals surface area contributed by atoms with Gasteiger partial charge in [0.15, 0.2) is 0 Å². The molecule has 1 heterocycles. The van der Waals surface area contributed by atoms with Gasteiger partial charge in [-0.15, -0.1) is 0 Å². The van der Waals surface area contributed by atoms with Crippen molar-refractivity contribution in [3.8, 4) is 11.1 Å². The highest BCUT2D eigenvalue weighted by Gasteiger charge is 2.53. The van der Waals surface area contributed by atoms with Crippen molar-refractivity contribution in [1.29, 1.82) is 0 Å². The van der Waals surface area contributed by atoms with Gasteiger partial charge in [0, 0.05) is 28.6 Å². The predicted octanol–water partition coefficient (Wildman–Crippen LogP) is 6.93. The SMILES string of the molecule is CCOC(=O)c1cc(NC(=O)C2(c3ccc(C(F)(F)F)cc3F)CC2)cc(Cl)c1-c1cnn(C2CCC2)c1. The van der Waals surface area contributed by atoms with E-state index >= 15 is 0 Å². The maximum atomic E-state index is 14.7. The van der Waals surface area contributed by atoms with E-state index < -0.39 is 34.8 Å². The maximum absolute atomic E-state index is 14.7. The average molecular weight is 550 g/mol. The van der Waals surface area contributed by atoms with E-state index in [0.717, 1.165) is 31.4 Å². The molecule has 1 N–H and O–H groups in total. The molecule has 0 aliphatic heterocycles. The maximum Gasteiger partial charge on any atom is 0.416 e. The van der Waals surface area contributed by atoms with Crippen LogP contribution in [-0.2, 0) is 21.1 Å². The van der Waals surface area contributed by atoms with E-state index in [9.17, 15) is 27.2 Å². The van der Waals surface area contributed by atoms with Gasteiger partial charge in [0.25, 0.3) is 0 Å². The molecule has 200 valence electrons. The molecule has 1 amide bonds. The number of carbonyl (C=O) groups is 2. The highest BCUT2D eigenvalue weighted by atomic mass is 35.5. The molecule has 0 unspecified atom stereocenters. The molecule has 2 saturated carbocycles. The molecule has 6 nitrogen and oxygen atoms in total. The second-order valence-corrected chi connectivity index (χ2v) is 10.0. The van der Waals surface area contributed by atoms with E-state index in [-0.39, 0.29) is 41.3 Å². The number of esters is 1. The number of hydrogen-bond acceptors (Lipinski definition) is 4. The highest BCUT2D eigenvalue weighted by Crippen LogP contribution is 2.50. The lowest BCUT2D eigenvalue weighted by Crippen LogP contribution is -2.29. The van der Waals surface area contributed by atoms with Crippen LogP contribution in [0, 0.1) is 5.82 Å². The number of hydrogen-bond donors (Lipinski definition) is 1. The van der Waals surface area contributed by atoms with Crippen LogP contribution in [0.3, 0.4) is 0 Å². The summed E-state index contributed by atoms with van der Waals surface area (Å²) >= 11 is 6.60. The summed E-state index contributed by atoms with van der Waals surface area (Å²) in [7, 11) is 0. The van der Waals surface area contributed by atoms with Gasteiger partial charge < -0.3 is 10.1 Å². The van der Waals surface area contributed by atoms with Gasteiger partial charge in [-0.3, -0.25) is 9.48 Å². The Morgan fingerprint density at radius 3 is 2.53 bits per heavy atom. The fourth-order valence-electron chi connectivity index (χ4n) is 4.73. The molecule has 1 aromatic heterocycles. The molecule has 2 aliphatic carbocycles. The summed E-state index contributed by atoms with van der Waals surface area (Å²) in [4.78, 5) is 26.1. The van der Waals surface area contributed by atoms with Crippen molar-refractivity contribution >= 4 is 29.2 Å². The van der Waals surface area contributed by atoms with Crippen molar-refractivity contribution in [2.24, 2.45) is 0 Å². The first-order valence-electron chi connectivity index (χ1n) is 12.3. The molecular formula is C27H24ClF4N3O3. The summed E-state index contributed by atoms with van der Waals surface area (Å²) in [6, 6.07) is 5.36. The van der Waals surface area contributed by atoms with Gasteiger partial charge in [-0.05, 0) is 63.3 Å². The Hall–Kier alpha value is -3.40. The first-order chi connectivity index (χ1) is 18.0. The van der Waals surface area contributed by atoms with E-state index in [4.69, 9.17) is 16.3 Å². The van der Waals surface area contributed by atoms with E-state index in [1.165, 1.54) is 12.1 Å². The molecule has 0 radical (unpaired) electrons. The van der Waals surface area contributed by atoms with E-state index in [1.807, 2.05) is 10.9 Å². The monoisotopic (exact) mass is 549 g/mol. The minimum absolute atomic E-state index is 0.111. The standard InChI is InChI=1S/C27H24ClF4N3O3/c1-2-38-24(36)19-11-17(12-21(28)23(19)15-13-33-35(14-15)18-4-3-5-18)34-25(37)26(8-9-26)20-7-6-16(10-22(20)29)27(30,31)32/h6-7,10-14,18H,2-5,8-9H2,1H3,(H,34,37). The summed E-state index contributed by atoms with van der Waals surface area (Å²) < 4.78 is 60.7. The zero-order valence-corrected chi connectivity index (χ0v) is 21.1. The predicted molar refractivity (Wildman–Crippen MR) is 132 cm³/mol. The summed E-state index contributed by atoms with van der Waals surface area (Å²) in [6.07, 6.45) is 2.43. The van der Waals surface area contributed by atoms with Crippen LogP contribution in [0.1, 0.15) is 66.6 Å². The quantitative estimate of drug-likeness (QED) is 0.256. The lowest BCUT2D eigenvalue weighted by molar-refractivity contribution is -0.137. The Morgan fingerprint density at radius 2 is 1.95 bits per heavy atom. The number of benzene rings is 2. The topological polar surface area (TPSA) is 73.2 Å². The second kappa shape index (κ2) is 9.72. The fourth-order valence-corrected chi connectivity index (χ4v) is 5.06. The van der Waals surface area contributed by atoms with Gasteiger partial charge in [-0.25, -0.2) is 9.18 Å². The number of halogens is 5. The van der Waals surface area contributed by atoms with Gasteiger partial charge in [0.1, 0.15) is 5.82 Å². The number of amides is 1. The number of nitrogens with zero attached hydrogens (tertiary/aromatic N) is 2. The third-order valence-electron chi connectivity index (χ3n) is 7.18. The smallest absolute Gasteiger partial charge is 0.416 e. The molecule has 2 aliphatic rings. The van der Waals surface area contributed by atoms with Crippen molar-refractivity contribution < 1.29 is 31.9 Å². The van der Waals surface area contributed by atoms with Crippen molar-refractivity contribution in [1.82, 2.24) is 9.78 Å². The zero-order valence-electron chi connectivity index (χ0n) is 20.4. The van der Waals surface area contributed by atoms with E-state index in [0.29, 0.717) is 23.2 Å². The van der Waals surface area contributed by atoms with Crippen LogP contribution in [-0.4, -0.2) is 28.3 Å². The average Bonchev–Trinajstić information content (AvgIpc) is 3.49. The van der Waals surface area contributed by atoms with Crippen molar-refractivity contribution in [2.75, 3.05) is 11.9 Å². The molecule has 38 heavy (non-hydrogen) atoms. The summed E-state index contributed by atoms with van der Waals surface area (Å²) in [5, 5.41) is 7.25. The summed E-state index contributed by atoms with van der Waals surface area (Å²) in [5.74, 6) is -2.35. The number of rotatable bonds is 7. The molecule has 11 heteroatoms. The van der Waals surface area contributed by atoms with E-state index in [2.05, 4.69) is 10.4 Å². The number of carbonyl (C=O) groups excluding carboxylic acids is 2. The van der Waals surface area contributed by atoms with Gasteiger partial charge in [0.05, 0.1) is 40.4 Å². The Labute approximate surface area is 220 Å². The highest BCUT2D eigenvalue weighted by molar-refractivity contribution is 6.34. The van der Waals surface area contributed by atoms with Gasteiger partial charge in [0.2, 0.25) is 5.91 Å². The lowest BCUT2D eigenvalue weighted by Gasteiger charge is -2.25. The molecule has 2 aromatic carbocycles. The minimum Gasteiger partial charge on any atom is -0.462 e. The fraction of sp³-hybridized carbons (Fsp3) is 0.370. The van der Waals surface area contributed by atoms with Crippen LogP contribution in [0.2, 0.25) is 5.02 Å². The largest absolute Gasteiger partial charge is 0.462 e. The van der Waals surface area contributed by atoms with Crippen LogP contribution in [0.15, 0.2) is 42.7 Å². The third-order valence-corrected chi connectivity index (χ3v) is 7.48. The first kappa shape index (κ1) is 26.2. The van der Waals surface area contributed by atoms with Crippen LogP contribution in [0.25, 0.3) is 11.1 Å². The molecule has 0 atom stereocenters. The Kier molecular flexibility index (Phi) is 6.71. The minimum atomic E-state index is -4.70. The van der Waals surface area contributed by atoms with Crippen molar-refractivity contribution in [3.05, 3.63) is 70.3 Å². The molecule has 0 spiro atoms. The number of nitrogens with one attached hydrogen (secondary N) is 1. The summed E-state index contributed by atoms with van der Waals surface area (Å²) in [6.45, 7) is 1.78. The van der Waals surface area contributed by atoms with Gasteiger partial charge in [-0.2, -0.15) is 18.3 Å². The Balaban J connectivity index is 1.45. The zero-order chi connectivity index (χ0) is 27.2. The van der Waals surface area contributed by atoms with Crippen LogP contribution in [0.5, 0.6) is 0 Å². The molecule has 2 fully saturated rings. The molecule has 5 rings (SSSR count). The third kappa shape index (κ3) is 4.77. The first-order valence-corrected chi connectivity index (χ1v) is 12.6. The normalized spacial score (nSPS) is 16.6. The number of aromatic nitrogens is 2. The summed E-state index contributed by atoms with van der Waals surface area (Å²) in [5.41, 5.74) is -1.23.